The van der Waals surface area contributed by atoms with E-state index in [4.69, 9.17) is 20.5 Å². The fourth-order valence-electron chi connectivity index (χ4n) is 3.34. The number of hydrogen-bond donors (Lipinski definition) is 0. The molecule has 6 nitrogen and oxygen atoms in total. The van der Waals surface area contributed by atoms with E-state index in [2.05, 4.69) is 17.1 Å². The van der Waals surface area contributed by atoms with Gasteiger partial charge in [-0.1, -0.05) is 68.8 Å². The number of para-hydroxylation sites is 1. The maximum atomic E-state index is 12.5. The van der Waals surface area contributed by atoms with Crippen molar-refractivity contribution in [3.05, 3.63) is 40.5 Å². The summed E-state index contributed by atoms with van der Waals surface area (Å²) in [6.07, 6.45) is 8.12. The Morgan fingerprint density at radius 3 is 2.57 bits per heavy atom. The summed E-state index contributed by atoms with van der Waals surface area (Å²) in [5, 5.41) is 7.80. The van der Waals surface area contributed by atoms with Gasteiger partial charge in [-0.2, -0.15) is 8.42 Å². The fraction of sp³-hybridized carbons (Fsp3) is 0.545. The van der Waals surface area contributed by atoms with E-state index >= 15 is 0 Å². The van der Waals surface area contributed by atoms with Crippen molar-refractivity contribution < 1.29 is 17.3 Å². The van der Waals surface area contributed by atoms with Crippen LogP contribution < -0.4 is 8.92 Å². The molecule has 1 aromatic heterocycles. The summed E-state index contributed by atoms with van der Waals surface area (Å²) in [4.78, 5) is 0. The number of aryl methyl sites for hydroxylation is 1. The van der Waals surface area contributed by atoms with Crippen molar-refractivity contribution in [2.24, 2.45) is 0 Å². The highest BCUT2D eigenvalue weighted by Crippen LogP contribution is 2.47. The molecule has 30 heavy (non-hydrogen) atoms. The maximum Gasteiger partial charge on any atom is 0.309 e. The van der Waals surface area contributed by atoms with Gasteiger partial charge in [0.25, 0.3) is 5.88 Å². The van der Waals surface area contributed by atoms with Crippen LogP contribution in [0.15, 0.2) is 24.3 Å². The van der Waals surface area contributed by atoms with Gasteiger partial charge in [0, 0.05) is 6.07 Å². The molecular formula is C22H29ClN2O4S. The summed E-state index contributed by atoms with van der Waals surface area (Å²) in [7, 11) is -3.79. The summed E-state index contributed by atoms with van der Waals surface area (Å²) < 4.78 is 36.3. The molecule has 3 rings (SSSR count). The van der Waals surface area contributed by atoms with Crippen LogP contribution in [0.25, 0.3) is 0 Å². The average molecular weight is 453 g/mol. The largest absolute Gasteiger partial charge is 0.434 e. The molecule has 164 valence electrons. The van der Waals surface area contributed by atoms with E-state index in [0.717, 1.165) is 49.7 Å². The maximum absolute atomic E-state index is 12.5. The van der Waals surface area contributed by atoms with E-state index in [1.165, 1.54) is 12.5 Å². The number of hydrogen-bond acceptors (Lipinski definition) is 6. The lowest BCUT2D eigenvalue weighted by Gasteiger charge is -2.15. The first-order chi connectivity index (χ1) is 14.4. The van der Waals surface area contributed by atoms with Crippen LogP contribution in [0, 0.1) is 6.92 Å². The van der Waals surface area contributed by atoms with Crippen LogP contribution in [0.4, 0.5) is 0 Å². The van der Waals surface area contributed by atoms with Gasteiger partial charge in [0.2, 0.25) is 5.75 Å². The van der Waals surface area contributed by atoms with E-state index in [0.29, 0.717) is 18.1 Å². The van der Waals surface area contributed by atoms with Crippen LogP contribution in [0.1, 0.15) is 75.3 Å². The Morgan fingerprint density at radius 1 is 1.10 bits per heavy atom. The van der Waals surface area contributed by atoms with Gasteiger partial charge in [-0.25, -0.2) is 0 Å². The summed E-state index contributed by atoms with van der Waals surface area (Å²) in [5.74, 6) is 1.04. The first-order valence-electron chi connectivity index (χ1n) is 10.6. The Labute approximate surface area is 184 Å². The van der Waals surface area contributed by atoms with Crippen molar-refractivity contribution in [3.63, 3.8) is 0 Å². The molecule has 0 spiro atoms. The smallest absolute Gasteiger partial charge is 0.309 e. The number of unbranched alkanes of at least 4 members (excludes halogenated alkanes) is 5. The average Bonchev–Trinajstić information content (AvgIpc) is 3.53. The van der Waals surface area contributed by atoms with Gasteiger partial charge in [0.05, 0.1) is 5.75 Å². The van der Waals surface area contributed by atoms with Crippen molar-refractivity contribution in [1.29, 1.82) is 0 Å². The molecule has 1 aliphatic carbocycles. The first kappa shape index (κ1) is 22.8. The molecule has 0 N–H and O–H groups in total. The molecule has 1 saturated carbocycles. The van der Waals surface area contributed by atoms with Gasteiger partial charge < -0.3 is 8.92 Å². The monoisotopic (exact) mass is 452 g/mol. The fourth-order valence-corrected chi connectivity index (χ4v) is 4.51. The third-order valence-corrected chi connectivity index (χ3v) is 6.53. The summed E-state index contributed by atoms with van der Waals surface area (Å²) in [6.45, 7) is 4.09. The lowest BCUT2D eigenvalue weighted by Crippen LogP contribution is -2.15. The second kappa shape index (κ2) is 10.4. The quantitative estimate of drug-likeness (QED) is 0.282. The summed E-state index contributed by atoms with van der Waals surface area (Å²) >= 11 is 5.94. The molecule has 0 saturated heterocycles. The zero-order valence-corrected chi connectivity index (χ0v) is 19.1. The van der Waals surface area contributed by atoms with Gasteiger partial charge in [-0.15, -0.1) is 10.2 Å². The minimum Gasteiger partial charge on any atom is -0.434 e. The zero-order chi connectivity index (χ0) is 21.6. The minimum absolute atomic E-state index is 0.00196. The van der Waals surface area contributed by atoms with E-state index in [1.54, 1.807) is 0 Å². The number of benzene rings is 1. The molecule has 0 amide bonds. The Bertz CT molecular complexity index is 962. The SMILES string of the molecule is CCCCCCCCS(=O)(=O)Oc1cc(Cl)nnc1Oc1c(C)cccc1C1CC1. The van der Waals surface area contributed by atoms with Crippen molar-refractivity contribution in [1.82, 2.24) is 10.2 Å². The van der Waals surface area contributed by atoms with E-state index < -0.39 is 10.1 Å². The lowest BCUT2D eigenvalue weighted by atomic mass is 10.1. The number of aromatic nitrogens is 2. The third kappa shape index (κ3) is 6.57. The van der Waals surface area contributed by atoms with Crippen LogP contribution in [-0.2, 0) is 10.1 Å². The van der Waals surface area contributed by atoms with Gasteiger partial charge in [-0.3, -0.25) is 0 Å². The highest BCUT2D eigenvalue weighted by atomic mass is 35.5. The number of rotatable bonds is 12. The van der Waals surface area contributed by atoms with E-state index in [-0.39, 0.29) is 22.5 Å². The minimum atomic E-state index is -3.79. The second-order valence-electron chi connectivity index (χ2n) is 7.82. The molecule has 1 aliphatic rings. The molecule has 0 aliphatic heterocycles. The van der Waals surface area contributed by atoms with Gasteiger partial charge in [-0.05, 0) is 43.2 Å². The topological polar surface area (TPSA) is 78.4 Å². The standard InChI is InChI=1S/C22H29ClN2O4S/c1-3-4-5-6-7-8-14-30(26,27)29-19-15-20(23)24-25-22(19)28-21-16(2)10-9-11-18(21)17-12-13-17/h9-11,15,17H,3-8,12-14H2,1-2H3. The predicted molar refractivity (Wildman–Crippen MR) is 118 cm³/mol. The van der Waals surface area contributed by atoms with Crippen molar-refractivity contribution in [2.75, 3.05) is 5.75 Å². The second-order valence-corrected chi connectivity index (χ2v) is 9.90. The Hall–Kier alpha value is -1.86. The molecule has 1 fully saturated rings. The molecule has 8 heteroatoms. The number of halogens is 1. The predicted octanol–water partition coefficient (Wildman–Crippen LogP) is 6.18. The molecular weight excluding hydrogens is 424 g/mol. The van der Waals surface area contributed by atoms with E-state index in [9.17, 15) is 8.42 Å². The van der Waals surface area contributed by atoms with Crippen molar-refractivity contribution in [3.8, 4) is 17.4 Å². The highest BCUT2D eigenvalue weighted by molar-refractivity contribution is 7.87. The number of nitrogens with zero attached hydrogens (tertiary/aromatic N) is 2. The Kier molecular flexibility index (Phi) is 7.94. The van der Waals surface area contributed by atoms with Crippen LogP contribution >= 0.6 is 11.6 Å². The molecule has 0 atom stereocenters. The number of ether oxygens (including phenoxy) is 1. The highest BCUT2D eigenvalue weighted by Gasteiger charge is 2.28. The van der Waals surface area contributed by atoms with Crippen molar-refractivity contribution >= 4 is 21.7 Å². The normalized spacial score (nSPS) is 14.0. The van der Waals surface area contributed by atoms with Crippen molar-refractivity contribution in [2.45, 2.75) is 71.1 Å². The molecule has 0 radical (unpaired) electrons. The van der Waals surface area contributed by atoms with Gasteiger partial charge in [0.15, 0.2) is 5.15 Å². The molecule has 2 aromatic rings. The first-order valence-corrected chi connectivity index (χ1v) is 12.6. The van der Waals surface area contributed by atoms with E-state index in [1.807, 2.05) is 25.1 Å². The van der Waals surface area contributed by atoms with Crippen LogP contribution in [0.3, 0.4) is 0 Å². The van der Waals surface area contributed by atoms with Crippen LogP contribution in [-0.4, -0.2) is 24.4 Å². The Balaban J connectivity index is 1.72. The molecule has 1 heterocycles. The lowest BCUT2D eigenvalue weighted by molar-refractivity contribution is 0.409. The zero-order valence-electron chi connectivity index (χ0n) is 17.6. The summed E-state index contributed by atoms with van der Waals surface area (Å²) in [5.41, 5.74) is 2.03. The van der Waals surface area contributed by atoms with Gasteiger partial charge in [0.1, 0.15) is 5.75 Å². The van der Waals surface area contributed by atoms with Crippen LogP contribution in [0.5, 0.6) is 17.4 Å². The third-order valence-electron chi connectivity index (χ3n) is 5.12. The van der Waals surface area contributed by atoms with Crippen LogP contribution in [0.2, 0.25) is 5.15 Å². The molecule has 0 bridgehead atoms. The Morgan fingerprint density at radius 2 is 1.83 bits per heavy atom. The summed E-state index contributed by atoms with van der Waals surface area (Å²) in [6, 6.07) is 7.29. The molecule has 1 aromatic carbocycles. The molecule has 0 unspecified atom stereocenters. The van der Waals surface area contributed by atoms with Gasteiger partial charge >= 0.3 is 10.1 Å².